The first-order valence-electron chi connectivity index (χ1n) is 19.7. The largest absolute Gasteiger partial charge is 0.471 e. The zero-order valence-corrected chi connectivity index (χ0v) is 31.6. The number of amides is 4. The lowest BCUT2D eigenvalue weighted by molar-refractivity contribution is -0.141. The van der Waals surface area contributed by atoms with Crippen molar-refractivity contribution in [1.29, 1.82) is 0 Å². The number of aromatic nitrogens is 2. The average Bonchev–Trinajstić information content (AvgIpc) is 4.10. The van der Waals surface area contributed by atoms with Crippen molar-refractivity contribution in [2.75, 3.05) is 6.54 Å². The van der Waals surface area contributed by atoms with Crippen LogP contribution in [0.1, 0.15) is 103 Å². The summed E-state index contributed by atoms with van der Waals surface area (Å²) in [6, 6.07) is 5.54. The summed E-state index contributed by atoms with van der Waals surface area (Å²) in [5, 5.41) is 5.75. The number of ether oxygens (including phenoxy) is 2. The lowest BCUT2D eigenvalue weighted by Gasteiger charge is -2.30. The van der Waals surface area contributed by atoms with Crippen LogP contribution in [0, 0.1) is 11.8 Å². The minimum Gasteiger partial charge on any atom is -0.471 e. The van der Waals surface area contributed by atoms with Crippen molar-refractivity contribution in [1.82, 2.24) is 30.2 Å². The van der Waals surface area contributed by atoms with Gasteiger partial charge in [0.1, 0.15) is 35.5 Å². The number of rotatable bonds is 3. The third-order valence-electron chi connectivity index (χ3n) is 12.3. The minimum atomic E-state index is -3.97. The molecule has 4 amide bonds. The highest BCUT2D eigenvalue weighted by molar-refractivity contribution is 7.91. The lowest BCUT2D eigenvalue weighted by atomic mass is 10.0. The van der Waals surface area contributed by atoms with E-state index in [4.69, 9.17) is 19.4 Å². The van der Waals surface area contributed by atoms with Gasteiger partial charge in [-0.25, -0.2) is 23.2 Å². The van der Waals surface area contributed by atoms with E-state index < -0.39 is 68.2 Å². The predicted octanol–water partition coefficient (Wildman–Crippen LogP) is 3.97. The molecule has 6 aliphatic rings. The lowest BCUT2D eigenvalue weighted by Crippen LogP contribution is -2.58. The average molecular weight is 763 g/mol. The molecule has 3 N–H and O–H groups in total. The van der Waals surface area contributed by atoms with Crippen molar-refractivity contribution >= 4 is 44.9 Å². The predicted molar refractivity (Wildman–Crippen MR) is 197 cm³/mol. The van der Waals surface area contributed by atoms with Crippen molar-refractivity contribution in [3.63, 3.8) is 0 Å². The number of sulfonamides is 1. The van der Waals surface area contributed by atoms with Gasteiger partial charge in [0.25, 0.3) is 5.91 Å². The van der Waals surface area contributed by atoms with E-state index in [0.717, 1.165) is 50.5 Å². The second kappa shape index (κ2) is 14.4. The van der Waals surface area contributed by atoms with Crippen LogP contribution in [0.25, 0.3) is 11.0 Å². The number of nitrogens with one attached hydrogen (secondary N) is 3. The molecular weight excluding hydrogens is 713 g/mol. The standard InChI is InChI=1S/C39H50N6O8S/c1-38(18-19-38)54(50,51)44-36(48)39-22-25(39)13-7-3-2-4-8-17-30-35(47)45-23-26(21-31(45)33(46)43-39)52-34-29(40-27-14-10-11-15-28(27)41-34)16-9-5-6-12-24-20-32(24)53-37(49)42-30/h7,10-11,13-15,24-26,30-32H,2-6,8-9,12,16-23H2,1H3,(H,42,49)(H,43,46)(H,44,48). The molecule has 1 saturated heterocycles. The second-order valence-corrected chi connectivity index (χ2v) is 18.6. The van der Waals surface area contributed by atoms with E-state index >= 15 is 0 Å². The number of hydrogen-bond acceptors (Lipinski definition) is 10. The Kier molecular flexibility index (Phi) is 9.80. The van der Waals surface area contributed by atoms with Crippen molar-refractivity contribution in [2.45, 2.75) is 138 Å². The van der Waals surface area contributed by atoms with Crippen molar-refractivity contribution in [2.24, 2.45) is 11.8 Å². The molecule has 4 fully saturated rings. The molecule has 0 spiro atoms. The van der Waals surface area contributed by atoms with E-state index in [-0.39, 0.29) is 31.4 Å². The van der Waals surface area contributed by atoms with E-state index in [1.165, 1.54) is 4.90 Å². The molecule has 0 radical (unpaired) electrons. The highest BCUT2D eigenvalue weighted by atomic mass is 32.2. The highest BCUT2D eigenvalue weighted by Crippen LogP contribution is 2.47. The Morgan fingerprint density at radius 1 is 0.963 bits per heavy atom. The van der Waals surface area contributed by atoms with E-state index in [1.54, 1.807) is 6.92 Å². The first kappa shape index (κ1) is 36.7. The molecule has 1 aromatic carbocycles. The van der Waals surface area contributed by atoms with E-state index in [9.17, 15) is 27.6 Å². The number of fused-ring (bicyclic) bond motifs is 6. The van der Waals surface area contributed by atoms with Gasteiger partial charge < -0.3 is 25.0 Å². The molecule has 7 unspecified atom stereocenters. The molecule has 1 aromatic heterocycles. The fourth-order valence-electron chi connectivity index (χ4n) is 8.24. The SMILES string of the molecule is CC1(S(=O)(=O)NC(=O)C23CC2C=CCCCCCC2NC(=O)OC4CC4CCCCCc4nc5ccccc5nc4OC4CC(C(=O)N3)N(C4)C2=O)CC1. The number of benzene rings is 1. The third kappa shape index (κ3) is 7.52. The number of para-hydroxylation sites is 2. The zero-order valence-electron chi connectivity index (χ0n) is 30.8. The number of carbonyl (C=O) groups excluding carboxylic acids is 4. The molecular formula is C39H50N6O8S. The monoisotopic (exact) mass is 762 g/mol. The number of hydrogen-bond donors (Lipinski definition) is 3. The Hall–Kier alpha value is -4.27. The first-order chi connectivity index (χ1) is 25.9. The molecule has 3 saturated carbocycles. The Morgan fingerprint density at radius 3 is 2.52 bits per heavy atom. The Bertz CT molecular complexity index is 1970. The number of alkyl carbamates (subject to hydrolysis) is 1. The van der Waals surface area contributed by atoms with Gasteiger partial charge in [0.2, 0.25) is 27.7 Å². The molecule has 14 nitrogen and oxygen atoms in total. The summed E-state index contributed by atoms with van der Waals surface area (Å²) in [4.78, 5) is 67.3. The van der Waals surface area contributed by atoms with Gasteiger partial charge in [0.05, 0.1) is 22.3 Å². The fourth-order valence-corrected chi connectivity index (χ4v) is 9.55. The maximum atomic E-state index is 14.6. The van der Waals surface area contributed by atoms with Crippen LogP contribution in [0.3, 0.4) is 0 Å². The van der Waals surface area contributed by atoms with Gasteiger partial charge >= 0.3 is 6.09 Å². The normalized spacial score (nSPS) is 32.8. The topological polar surface area (TPSA) is 186 Å². The number of allylic oxidation sites excluding steroid dienone is 1. The summed E-state index contributed by atoms with van der Waals surface area (Å²) in [5.41, 5.74) is 0.632. The van der Waals surface area contributed by atoms with Crippen LogP contribution in [0.2, 0.25) is 0 Å². The summed E-state index contributed by atoms with van der Waals surface area (Å²) in [6.07, 6.45) is 12.1. The van der Waals surface area contributed by atoms with Crippen LogP contribution in [-0.2, 0) is 35.6 Å². The van der Waals surface area contributed by atoms with Crippen LogP contribution in [0.5, 0.6) is 5.88 Å². The smallest absolute Gasteiger partial charge is 0.408 e. The summed E-state index contributed by atoms with van der Waals surface area (Å²) in [6.45, 7) is 1.63. The van der Waals surface area contributed by atoms with E-state index in [1.807, 2.05) is 36.4 Å². The quantitative estimate of drug-likeness (QED) is 0.387. The number of carbonyl (C=O) groups is 4. The molecule has 290 valence electrons. The maximum Gasteiger partial charge on any atom is 0.408 e. The summed E-state index contributed by atoms with van der Waals surface area (Å²) in [7, 11) is -3.97. The summed E-state index contributed by atoms with van der Waals surface area (Å²) in [5.74, 6) is -1.59. The van der Waals surface area contributed by atoms with Crippen LogP contribution >= 0.6 is 0 Å². The van der Waals surface area contributed by atoms with Gasteiger partial charge in [-0.05, 0) is 89.2 Å². The van der Waals surface area contributed by atoms with Gasteiger partial charge in [-0.15, -0.1) is 0 Å². The fraction of sp³-hybridized carbons (Fsp3) is 0.641. The molecule has 2 aromatic rings. The Morgan fingerprint density at radius 2 is 1.72 bits per heavy atom. The molecule has 4 heterocycles. The van der Waals surface area contributed by atoms with Gasteiger partial charge in [0, 0.05) is 12.3 Å². The van der Waals surface area contributed by atoms with Crippen LogP contribution in [0.4, 0.5) is 4.79 Å². The Labute approximate surface area is 315 Å². The van der Waals surface area contributed by atoms with Crippen molar-refractivity contribution in [3.8, 4) is 5.88 Å². The molecule has 3 aliphatic carbocycles. The Balaban J connectivity index is 1.12. The van der Waals surface area contributed by atoms with Gasteiger partial charge in [-0.2, -0.15) is 0 Å². The number of aryl methyl sites for hydroxylation is 1. The molecule has 54 heavy (non-hydrogen) atoms. The van der Waals surface area contributed by atoms with Crippen molar-refractivity contribution < 1.29 is 37.1 Å². The van der Waals surface area contributed by atoms with Gasteiger partial charge in [-0.1, -0.05) is 50.0 Å². The maximum absolute atomic E-state index is 14.6. The van der Waals surface area contributed by atoms with Crippen molar-refractivity contribution in [3.05, 3.63) is 42.1 Å². The second-order valence-electron chi connectivity index (χ2n) is 16.4. The molecule has 3 bridgehead atoms. The third-order valence-corrected chi connectivity index (χ3v) is 14.4. The van der Waals surface area contributed by atoms with Crippen LogP contribution in [-0.4, -0.2) is 88.2 Å². The summed E-state index contributed by atoms with van der Waals surface area (Å²) >= 11 is 0. The zero-order chi connectivity index (χ0) is 37.7. The summed E-state index contributed by atoms with van der Waals surface area (Å²) < 4.78 is 39.9. The van der Waals surface area contributed by atoms with Crippen LogP contribution < -0.4 is 20.1 Å². The molecule has 3 aliphatic heterocycles. The van der Waals surface area contributed by atoms with E-state index in [0.29, 0.717) is 55.6 Å². The molecule has 15 heteroatoms. The minimum absolute atomic E-state index is 0.0258. The van der Waals surface area contributed by atoms with Gasteiger partial charge in [0.15, 0.2) is 0 Å². The van der Waals surface area contributed by atoms with E-state index in [2.05, 4.69) is 15.4 Å². The first-order valence-corrected chi connectivity index (χ1v) is 21.2. The van der Waals surface area contributed by atoms with Gasteiger partial charge in [-0.3, -0.25) is 19.1 Å². The molecule has 7 atom stereocenters. The highest BCUT2D eigenvalue weighted by Gasteiger charge is 2.63. The van der Waals surface area contributed by atoms with Crippen LogP contribution in [0.15, 0.2) is 36.4 Å². The number of nitrogens with zero attached hydrogens (tertiary/aromatic N) is 3. The molecule has 8 rings (SSSR count).